The summed E-state index contributed by atoms with van der Waals surface area (Å²) < 4.78 is 18.9. The van der Waals surface area contributed by atoms with Crippen molar-refractivity contribution in [2.75, 3.05) is 7.11 Å². The van der Waals surface area contributed by atoms with Gasteiger partial charge >= 0.3 is 0 Å². The molecule has 1 N–H and O–H groups in total. The van der Waals surface area contributed by atoms with Gasteiger partial charge in [0.05, 0.1) is 7.11 Å². The van der Waals surface area contributed by atoms with Crippen molar-refractivity contribution in [2.24, 2.45) is 0 Å². The van der Waals surface area contributed by atoms with Crippen molar-refractivity contribution in [1.82, 2.24) is 5.32 Å². The molecule has 21 heavy (non-hydrogen) atoms. The molecule has 0 fully saturated rings. The maximum atomic E-state index is 13.8. The SMILES string of the molecule is CCC(NCc1c(F)cccc1Cl)c1ccc(OC)cc1. The van der Waals surface area contributed by atoms with E-state index in [-0.39, 0.29) is 11.9 Å². The topological polar surface area (TPSA) is 21.3 Å². The number of nitrogens with one attached hydrogen (secondary N) is 1. The molecule has 0 aromatic heterocycles. The monoisotopic (exact) mass is 307 g/mol. The van der Waals surface area contributed by atoms with E-state index in [4.69, 9.17) is 16.3 Å². The molecule has 0 amide bonds. The third-order valence-electron chi connectivity index (χ3n) is 3.51. The molecule has 1 atom stereocenters. The lowest BCUT2D eigenvalue weighted by molar-refractivity contribution is 0.414. The van der Waals surface area contributed by atoms with Gasteiger partial charge in [-0.25, -0.2) is 4.39 Å². The summed E-state index contributed by atoms with van der Waals surface area (Å²) in [6.07, 6.45) is 0.901. The van der Waals surface area contributed by atoms with E-state index in [1.54, 1.807) is 19.2 Å². The Kier molecular flexibility index (Phi) is 5.59. The van der Waals surface area contributed by atoms with Gasteiger partial charge < -0.3 is 10.1 Å². The zero-order valence-electron chi connectivity index (χ0n) is 12.2. The molecule has 0 aliphatic carbocycles. The van der Waals surface area contributed by atoms with E-state index in [0.29, 0.717) is 17.1 Å². The Balaban J connectivity index is 2.08. The Morgan fingerprint density at radius 3 is 2.48 bits per heavy atom. The summed E-state index contributed by atoms with van der Waals surface area (Å²) in [5, 5.41) is 3.81. The van der Waals surface area contributed by atoms with Crippen LogP contribution in [0, 0.1) is 5.82 Å². The van der Waals surface area contributed by atoms with E-state index in [1.807, 2.05) is 24.3 Å². The molecule has 1 unspecified atom stereocenters. The second-order valence-electron chi connectivity index (χ2n) is 4.82. The minimum Gasteiger partial charge on any atom is -0.497 e. The predicted octanol–water partition coefficient (Wildman–Crippen LogP) is 4.73. The van der Waals surface area contributed by atoms with Crippen molar-refractivity contribution in [2.45, 2.75) is 25.9 Å². The van der Waals surface area contributed by atoms with Crippen LogP contribution in [0.25, 0.3) is 0 Å². The highest BCUT2D eigenvalue weighted by Gasteiger charge is 2.12. The fraction of sp³-hybridized carbons (Fsp3) is 0.294. The molecule has 2 rings (SSSR count). The Morgan fingerprint density at radius 1 is 1.19 bits per heavy atom. The summed E-state index contributed by atoms with van der Waals surface area (Å²) in [4.78, 5) is 0. The van der Waals surface area contributed by atoms with Gasteiger partial charge in [0.1, 0.15) is 11.6 Å². The molecule has 112 valence electrons. The molecule has 0 aliphatic heterocycles. The minimum atomic E-state index is -0.278. The molecule has 0 aliphatic rings. The normalized spacial score (nSPS) is 12.2. The first-order valence-electron chi connectivity index (χ1n) is 6.96. The lowest BCUT2D eigenvalue weighted by Gasteiger charge is -2.18. The largest absolute Gasteiger partial charge is 0.497 e. The van der Waals surface area contributed by atoms with Gasteiger partial charge in [-0.2, -0.15) is 0 Å². The smallest absolute Gasteiger partial charge is 0.129 e. The van der Waals surface area contributed by atoms with E-state index < -0.39 is 0 Å². The van der Waals surface area contributed by atoms with Crippen LogP contribution in [0.1, 0.15) is 30.5 Å². The average molecular weight is 308 g/mol. The summed E-state index contributed by atoms with van der Waals surface area (Å²) in [5.41, 5.74) is 1.65. The second kappa shape index (κ2) is 7.43. The summed E-state index contributed by atoms with van der Waals surface area (Å²) in [5.74, 6) is 0.547. The first kappa shape index (κ1) is 15.8. The highest BCUT2D eigenvalue weighted by molar-refractivity contribution is 6.31. The molecule has 2 nitrogen and oxygen atoms in total. The van der Waals surface area contributed by atoms with Crippen LogP contribution in [0.5, 0.6) is 5.75 Å². The number of benzene rings is 2. The summed E-state index contributed by atoms with van der Waals surface area (Å²) >= 11 is 6.05. The van der Waals surface area contributed by atoms with Crippen molar-refractivity contribution in [1.29, 1.82) is 0 Å². The highest BCUT2D eigenvalue weighted by atomic mass is 35.5. The van der Waals surface area contributed by atoms with Crippen LogP contribution < -0.4 is 10.1 Å². The zero-order valence-corrected chi connectivity index (χ0v) is 13.0. The Bertz CT molecular complexity index is 566. The average Bonchev–Trinajstić information content (AvgIpc) is 2.51. The molecular weight excluding hydrogens is 289 g/mol. The summed E-state index contributed by atoms with van der Waals surface area (Å²) in [6, 6.07) is 12.8. The van der Waals surface area contributed by atoms with Gasteiger partial charge in [0, 0.05) is 23.2 Å². The van der Waals surface area contributed by atoms with Gasteiger partial charge in [0.15, 0.2) is 0 Å². The number of hydrogen-bond acceptors (Lipinski definition) is 2. The van der Waals surface area contributed by atoms with Gasteiger partial charge in [-0.05, 0) is 36.2 Å². The van der Waals surface area contributed by atoms with E-state index in [9.17, 15) is 4.39 Å². The van der Waals surface area contributed by atoms with Crippen molar-refractivity contribution in [3.05, 3.63) is 64.4 Å². The lowest BCUT2D eigenvalue weighted by atomic mass is 10.0. The fourth-order valence-electron chi connectivity index (χ4n) is 2.26. The quantitative estimate of drug-likeness (QED) is 0.833. The summed E-state index contributed by atoms with van der Waals surface area (Å²) in [7, 11) is 1.64. The first-order valence-corrected chi connectivity index (χ1v) is 7.33. The number of rotatable bonds is 6. The molecule has 2 aromatic carbocycles. The molecule has 0 saturated heterocycles. The van der Waals surface area contributed by atoms with Crippen molar-refractivity contribution in [3.8, 4) is 5.75 Å². The molecule has 0 radical (unpaired) electrons. The maximum absolute atomic E-state index is 13.8. The number of methoxy groups -OCH3 is 1. The molecule has 0 saturated carbocycles. The second-order valence-corrected chi connectivity index (χ2v) is 5.22. The third-order valence-corrected chi connectivity index (χ3v) is 3.87. The Labute approximate surface area is 129 Å². The van der Waals surface area contributed by atoms with Crippen molar-refractivity contribution < 1.29 is 9.13 Å². The van der Waals surface area contributed by atoms with Crippen LogP contribution in [0.3, 0.4) is 0 Å². The minimum absolute atomic E-state index is 0.145. The van der Waals surface area contributed by atoms with E-state index in [1.165, 1.54) is 6.07 Å². The van der Waals surface area contributed by atoms with Gasteiger partial charge in [-0.15, -0.1) is 0 Å². The number of ether oxygens (including phenoxy) is 1. The van der Waals surface area contributed by atoms with Crippen LogP contribution in [0.4, 0.5) is 4.39 Å². The van der Waals surface area contributed by atoms with Crippen molar-refractivity contribution in [3.63, 3.8) is 0 Å². The van der Waals surface area contributed by atoms with Crippen LogP contribution in [-0.4, -0.2) is 7.11 Å². The van der Waals surface area contributed by atoms with Gasteiger partial charge in [-0.3, -0.25) is 0 Å². The van der Waals surface area contributed by atoms with Crippen LogP contribution in [0.2, 0.25) is 5.02 Å². The molecule has 2 aromatic rings. The van der Waals surface area contributed by atoms with Gasteiger partial charge in [-0.1, -0.05) is 36.7 Å². The van der Waals surface area contributed by atoms with Gasteiger partial charge in [0.25, 0.3) is 0 Å². The molecular formula is C17H19ClFNO. The Hall–Kier alpha value is -1.58. The number of hydrogen-bond donors (Lipinski definition) is 1. The molecule has 4 heteroatoms. The van der Waals surface area contributed by atoms with Crippen LogP contribution in [-0.2, 0) is 6.54 Å². The predicted molar refractivity (Wildman–Crippen MR) is 84.3 cm³/mol. The fourth-order valence-corrected chi connectivity index (χ4v) is 2.49. The molecule has 0 spiro atoms. The molecule has 0 heterocycles. The van der Waals surface area contributed by atoms with Crippen LogP contribution >= 0.6 is 11.6 Å². The van der Waals surface area contributed by atoms with Crippen molar-refractivity contribution >= 4 is 11.6 Å². The first-order chi connectivity index (χ1) is 10.2. The van der Waals surface area contributed by atoms with Gasteiger partial charge in [0.2, 0.25) is 0 Å². The van der Waals surface area contributed by atoms with E-state index in [2.05, 4.69) is 12.2 Å². The Morgan fingerprint density at radius 2 is 1.90 bits per heavy atom. The lowest BCUT2D eigenvalue weighted by Crippen LogP contribution is -2.21. The van der Waals surface area contributed by atoms with Crippen LogP contribution in [0.15, 0.2) is 42.5 Å². The number of halogens is 2. The standard InChI is InChI=1S/C17H19ClFNO/c1-3-17(12-7-9-13(21-2)10-8-12)20-11-14-15(18)5-4-6-16(14)19/h4-10,17,20H,3,11H2,1-2H3. The zero-order chi connectivity index (χ0) is 15.2. The summed E-state index contributed by atoms with van der Waals surface area (Å²) in [6.45, 7) is 2.49. The van der Waals surface area contributed by atoms with E-state index in [0.717, 1.165) is 17.7 Å². The van der Waals surface area contributed by atoms with E-state index >= 15 is 0 Å². The maximum Gasteiger partial charge on any atom is 0.129 e. The highest BCUT2D eigenvalue weighted by Crippen LogP contribution is 2.23. The third kappa shape index (κ3) is 3.96. The molecule has 0 bridgehead atoms.